The molecule has 0 atom stereocenters. The zero-order valence-corrected chi connectivity index (χ0v) is 12.5. The second-order valence-corrected chi connectivity index (χ2v) is 5.38. The quantitative estimate of drug-likeness (QED) is 0.798. The molecule has 2 rings (SSSR count). The number of benzene rings is 2. The highest BCUT2D eigenvalue weighted by Gasteiger charge is 2.05. The van der Waals surface area contributed by atoms with Crippen LogP contribution < -0.4 is 5.32 Å². The molecule has 0 unspecified atom stereocenters. The van der Waals surface area contributed by atoms with Gasteiger partial charge in [-0.3, -0.25) is 0 Å². The molecule has 0 saturated heterocycles. The van der Waals surface area contributed by atoms with Gasteiger partial charge in [0.2, 0.25) is 0 Å². The first-order valence-electron chi connectivity index (χ1n) is 5.99. The summed E-state index contributed by atoms with van der Waals surface area (Å²) in [6.45, 7) is 4.59. The fraction of sp³-hybridized carbons (Fsp3) is 0.200. The zero-order chi connectivity index (χ0) is 14.0. The van der Waals surface area contributed by atoms with E-state index < -0.39 is 0 Å². The zero-order valence-electron chi connectivity index (χ0n) is 10.9. The van der Waals surface area contributed by atoms with E-state index in [2.05, 4.69) is 33.4 Å². The number of nitrogens with one attached hydrogen (secondary N) is 1. The van der Waals surface area contributed by atoms with Gasteiger partial charge in [0.25, 0.3) is 0 Å². The number of phenols is 2. The van der Waals surface area contributed by atoms with Gasteiger partial charge in [-0.05, 0) is 49.2 Å². The van der Waals surface area contributed by atoms with Crippen molar-refractivity contribution in [2.24, 2.45) is 0 Å². The Hall–Kier alpha value is -1.68. The minimum absolute atomic E-state index is 0.0663. The van der Waals surface area contributed by atoms with Crippen molar-refractivity contribution in [3.8, 4) is 11.5 Å². The summed E-state index contributed by atoms with van der Waals surface area (Å²) in [5.74, 6) is 0.162. The fourth-order valence-corrected chi connectivity index (χ4v) is 2.18. The fourth-order valence-electron chi connectivity index (χ4n) is 1.95. The lowest BCUT2D eigenvalue weighted by Crippen LogP contribution is -2.00. The van der Waals surface area contributed by atoms with Crippen LogP contribution in [-0.4, -0.2) is 10.2 Å². The molecule has 100 valence electrons. The van der Waals surface area contributed by atoms with Gasteiger partial charge in [0.1, 0.15) is 11.5 Å². The van der Waals surface area contributed by atoms with E-state index in [0.717, 1.165) is 26.9 Å². The molecule has 0 heterocycles. The number of aromatic hydroxyl groups is 2. The average Bonchev–Trinajstić information content (AvgIpc) is 2.34. The minimum atomic E-state index is 0.0663. The van der Waals surface area contributed by atoms with E-state index in [0.29, 0.717) is 6.54 Å². The Morgan fingerprint density at radius 3 is 2.26 bits per heavy atom. The van der Waals surface area contributed by atoms with Crippen molar-refractivity contribution in [3.05, 3.63) is 51.5 Å². The Morgan fingerprint density at radius 2 is 1.68 bits per heavy atom. The third kappa shape index (κ3) is 3.20. The van der Waals surface area contributed by atoms with Gasteiger partial charge in [0.05, 0.1) is 0 Å². The van der Waals surface area contributed by atoms with Gasteiger partial charge in [0, 0.05) is 28.3 Å². The average molecular weight is 322 g/mol. The van der Waals surface area contributed by atoms with Crippen LogP contribution in [0.25, 0.3) is 0 Å². The maximum atomic E-state index is 9.72. The number of rotatable bonds is 3. The summed E-state index contributed by atoms with van der Waals surface area (Å²) in [5, 5.41) is 22.2. The molecule has 0 fully saturated rings. The largest absolute Gasteiger partial charge is 0.508 e. The Kier molecular flexibility index (Phi) is 4.00. The second kappa shape index (κ2) is 5.53. The standard InChI is InChI=1S/C15H16BrNO2/c1-9-5-12(6-10(2)15(9)16)17-8-11-3-4-13(18)7-14(11)19/h3-7,17-19H,8H2,1-2H3. The lowest BCUT2D eigenvalue weighted by atomic mass is 10.1. The molecule has 19 heavy (non-hydrogen) atoms. The smallest absolute Gasteiger partial charge is 0.124 e. The van der Waals surface area contributed by atoms with Crippen LogP contribution in [0.1, 0.15) is 16.7 Å². The molecular weight excluding hydrogens is 306 g/mol. The maximum Gasteiger partial charge on any atom is 0.124 e. The van der Waals surface area contributed by atoms with Gasteiger partial charge in [-0.25, -0.2) is 0 Å². The highest BCUT2D eigenvalue weighted by atomic mass is 79.9. The Morgan fingerprint density at radius 1 is 1.05 bits per heavy atom. The summed E-state index contributed by atoms with van der Waals surface area (Å²) in [6.07, 6.45) is 0. The molecule has 4 heteroatoms. The molecule has 2 aromatic carbocycles. The molecule has 0 amide bonds. The first-order valence-corrected chi connectivity index (χ1v) is 6.78. The van der Waals surface area contributed by atoms with Crippen LogP contribution in [0, 0.1) is 13.8 Å². The van der Waals surface area contributed by atoms with Gasteiger partial charge in [0.15, 0.2) is 0 Å². The molecule has 3 nitrogen and oxygen atoms in total. The van der Waals surface area contributed by atoms with E-state index in [4.69, 9.17) is 0 Å². The molecule has 3 N–H and O–H groups in total. The Balaban J connectivity index is 2.14. The van der Waals surface area contributed by atoms with Crippen molar-refractivity contribution >= 4 is 21.6 Å². The summed E-state index contributed by atoms with van der Waals surface area (Å²) in [5.41, 5.74) is 4.08. The van der Waals surface area contributed by atoms with Crippen molar-refractivity contribution in [2.45, 2.75) is 20.4 Å². The number of aryl methyl sites for hydroxylation is 2. The number of phenolic OH excluding ortho intramolecular Hbond substituents is 2. The Labute approximate surface area is 121 Å². The highest BCUT2D eigenvalue weighted by molar-refractivity contribution is 9.10. The SMILES string of the molecule is Cc1cc(NCc2ccc(O)cc2O)cc(C)c1Br. The molecule has 0 aliphatic heterocycles. The van der Waals surface area contributed by atoms with Crippen molar-refractivity contribution in [1.82, 2.24) is 0 Å². The summed E-state index contributed by atoms with van der Waals surface area (Å²) in [7, 11) is 0. The van der Waals surface area contributed by atoms with Crippen molar-refractivity contribution in [1.29, 1.82) is 0 Å². The third-order valence-electron chi connectivity index (χ3n) is 2.99. The lowest BCUT2D eigenvalue weighted by Gasteiger charge is -2.11. The van der Waals surface area contributed by atoms with Gasteiger partial charge in [-0.2, -0.15) is 0 Å². The van der Waals surface area contributed by atoms with Crippen LogP contribution in [-0.2, 0) is 6.54 Å². The van der Waals surface area contributed by atoms with Gasteiger partial charge < -0.3 is 15.5 Å². The molecule has 0 aromatic heterocycles. The van der Waals surface area contributed by atoms with Gasteiger partial charge >= 0.3 is 0 Å². The molecule has 0 saturated carbocycles. The first kappa shape index (κ1) is 13.7. The van der Waals surface area contributed by atoms with E-state index in [9.17, 15) is 10.2 Å². The summed E-state index contributed by atoms with van der Waals surface area (Å²) < 4.78 is 1.12. The normalized spacial score (nSPS) is 10.5. The number of hydrogen-bond donors (Lipinski definition) is 3. The molecule has 0 spiro atoms. The van der Waals surface area contributed by atoms with E-state index in [1.807, 2.05) is 13.8 Å². The number of anilines is 1. The van der Waals surface area contributed by atoms with Crippen molar-refractivity contribution < 1.29 is 10.2 Å². The number of hydrogen-bond acceptors (Lipinski definition) is 3. The highest BCUT2D eigenvalue weighted by Crippen LogP contribution is 2.27. The Bertz CT molecular complexity index is 588. The maximum absolute atomic E-state index is 9.72. The van der Waals surface area contributed by atoms with Crippen LogP contribution in [0.2, 0.25) is 0 Å². The van der Waals surface area contributed by atoms with E-state index in [1.54, 1.807) is 12.1 Å². The summed E-state index contributed by atoms with van der Waals surface area (Å²) >= 11 is 3.53. The molecule has 0 bridgehead atoms. The van der Waals surface area contributed by atoms with E-state index >= 15 is 0 Å². The van der Waals surface area contributed by atoms with Gasteiger partial charge in [-0.15, -0.1) is 0 Å². The monoisotopic (exact) mass is 321 g/mol. The molecular formula is C15H16BrNO2. The molecule has 0 radical (unpaired) electrons. The van der Waals surface area contributed by atoms with Crippen LogP contribution in [0.5, 0.6) is 11.5 Å². The van der Waals surface area contributed by atoms with E-state index in [-0.39, 0.29) is 11.5 Å². The molecule has 0 aliphatic carbocycles. The van der Waals surface area contributed by atoms with Crippen LogP contribution >= 0.6 is 15.9 Å². The summed E-state index contributed by atoms with van der Waals surface area (Å²) in [4.78, 5) is 0. The van der Waals surface area contributed by atoms with Crippen LogP contribution in [0.4, 0.5) is 5.69 Å². The predicted molar refractivity (Wildman–Crippen MR) is 80.7 cm³/mol. The number of halogens is 1. The van der Waals surface area contributed by atoms with Crippen LogP contribution in [0.15, 0.2) is 34.8 Å². The van der Waals surface area contributed by atoms with Crippen molar-refractivity contribution in [3.63, 3.8) is 0 Å². The molecule has 0 aliphatic rings. The second-order valence-electron chi connectivity index (χ2n) is 4.59. The van der Waals surface area contributed by atoms with E-state index in [1.165, 1.54) is 6.07 Å². The van der Waals surface area contributed by atoms with Crippen LogP contribution in [0.3, 0.4) is 0 Å². The minimum Gasteiger partial charge on any atom is -0.508 e. The lowest BCUT2D eigenvalue weighted by molar-refractivity contribution is 0.446. The van der Waals surface area contributed by atoms with Gasteiger partial charge in [-0.1, -0.05) is 15.9 Å². The third-order valence-corrected chi connectivity index (χ3v) is 4.24. The summed E-state index contributed by atoms with van der Waals surface area (Å²) in [6, 6.07) is 8.71. The first-order chi connectivity index (χ1) is 8.97. The topological polar surface area (TPSA) is 52.5 Å². The predicted octanol–water partition coefficient (Wildman–Crippen LogP) is 4.09. The molecule has 2 aromatic rings. The van der Waals surface area contributed by atoms with Crippen molar-refractivity contribution in [2.75, 3.05) is 5.32 Å².